The molecule has 0 saturated carbocycles. The Morgan fingerprint density at radius 3 is 2.13 bits per heavy atom. The molecule has 0 aliphatic carbocycles. The van der Waals surface area contributed by atoms with Crippen LogP contribution in [0.5, 0.6) is 17.2 Å². The fourth-order valence-electron chi connectivity index (χ4n) is 12.6. The Labute approximate surface area is 581 Å². The summed E-state index contributed by atoms with van der Waals surface area (Å²) in [6, 6.07) is 4.31. The van der Waals surface area contributed by atoms with Gasteiger partial charge in [-0.15, -0.1) is 0 Å². The van der Waals surface area contributed by atoms with Crippen molar-refractivity contribution in [1.29, 1.82) is 0 Å². The normalized spacial score (nSPS) is 26.6. The molecule has 4 aliphatic rings. The molecular formula is C64H84N12O22S2. The van der Waals surface area contributed by atoms with Crippen LogP contribution in [-0.4, -0.2) is 254 Å². The molecule has 3 aromatic carbocycles. The van der Waals surface area contributed by atoms with Gasteiger partial charge in [-0.3, -0.25) is 43.3 Å². The first-order valence-electron chi connectivity index (χ1n) is 32.6. The summed E-state index contributed by atoms with van der Waals surface area (Å²) in [5.41, 5.74) is 6.97. The van der Waals surface area contributed by atoms with Gasteiger partial charge in [-0.2, -0.15) is 5.10 Å². The average molecular weight is 1440 g/mol. The molecule has 36 heteroatoms. The molecule has 0 spiro atoms. The second-order valence-corrected chi connectivity index (χ2v) is 26.9. The van der Waals surface area contributed by atoms with E-state index in [1.165, 1.54) is 30.4 Å². The van der Waals surface area contributed by atoms with Crippen molar-refractivity contribution in [3.63, 3.8) is 0 Å². The number of aromatic nitrogens is 3. The van der Waals surface area contributed by atoms with Crippen molar-refractivity contribution < 1.29 is 107 Å². The van der Waals surface area contributed by atoms with Crippen LogP contribution in [0, 0.1) is 5.92 Å². The maximum Gasteiger partial charge on any atom is 0.261 e. The number of imidazole rings is 1. The number of aliphatic hydroxyl groups excluding tert-OH is 7. The number of rotatable bonds is 23. The lowest BCUT2D eigenvalue weighted by Crippen LogP contribution is -2.64. The number of nitrogens with zero attached hydrogens (tertiary/aromatic N) is 6. The third-order valence-corrected chi connectivity index (χ3v) is 19.0. The summed E-state index contributed by atoms with van der Waals surface area (Å²) in [6.07, 6.45) is -9.68. The number of carbonyl (C=O) groups excluding carboxylic acids is 8. The molecule has 16 atom stereocenters. The van der Waals surface area contributed by atoms with Crippen LogP contribution in [0.15, 0.2) is 72.9 Å². The molecule has 100 heavy (non-hydrogen) atoms. The summed E-state index contributed by atoms with van der Waals surface area (Å²) in [4.78, 5) is 123. The Balaban J connectivity index is 0.923. The lowest BCUT2D eigenvalue weighted by Gasteiger charge is -2.35. The number of nitrogens with one attached hydrogen (secondary N) is 5. The quantitative estimate of drug-likeness (QED) is 0.0154. The van der Waals surface area contributed by atoms with Crippen LogP contribution in [0.3, 0.4) is 0 Å². The van der Waals surface area contributed by atoms with Gasteiger partial charge in [-0.25, -0.2) is 14.8 Å². The second kappa shape index (κ2) is 34.4. The van der Waals surface area contributed by atoms with Crippen LogP contribution in [0.25, 0.3) is 26.8 Å². The number of phenols is 1. The number of fused-ring (bicyclic) bond motifs is 3. The lowest BCUT2D eigenvalue weighted by atomic mass is 9.96. The molecule has 544 valence electrons. The zero-order valence-corrected chi connectivity index (χ0v) is 56.6. The zero-order valence-electron chi connectivity index (χ0n) is 55.0. The predicted octanol–water partition coefficient (Wildman–Crippen LogP) is -1.44. The highest BCUT2D eigenvalue weighted by Gasteiger charge is 2.50. The maximum atomic E-state index is 14.7. The number of carbonyl (C=O) groups is 8. The average Bonchev–Trinajstić information content (AvgIpc) is 1.62. The van der Waals surface area contributed by atoms with E-state index in [9.17, 15) is 79.2 Å². The van der Waals surface area contributed by atoms with E-state index in [1.54, 1.807) is 22.8 Å². The molecule has 4 saturated heterocycles. The number of nitrogens with two attached hydrogens (primary N) is 1. The fraction of sp³-hybridized carbons (Fsp3) is 0.531. The fourth-order valence-corrected chi connectivity index (χ4v) is 13.7. The van der Waals surface area contributed by atoms with Crippen LogP contribution in [0.4, 0.5) is 0 Å². The van der Waals surface area contributed by atoms with Gasteiger partial charge >= 0.3 is 0 Å². The molecule has 0 bridgehead atoms. The first-order valence-corrected chi connectivity index (χ1v) is 34.0. The SMILES string of the molecule is CC(O)C1NC(=O)[C@@H](NC(=O)c2ccc(-c3cn4nc(-c5ccc(OCCCCCCN6C[C@@H](C)O[C@@H](C)C6)cc5)sc4n3)cc2)CC(O)CNC(=O)C2C(O)C(C)CN2C(=O)C(C(O)CC(N)=O)NC(=O)C(C(O)C(O)c2ccc(O)c(OSOOO)c2)NC(=O)C2CC(O)CN2C1=O. The Kier molecular flexibility index (Phi) is 26.2. The minimum atomic E-state index is -2.53. The molecule has 13 unspecified atom stereocenters. The first-order chi connectivity index (χ1) is 47.7. The van der Waals surface area contributed by atoms with Crippen molar-refractivity contribution >= 4 is 75.9 Å². The molecule has 0 radical (unpaired) electrons. The molecule has 34 nitrogen and oxygen atoms in total. The van der Waals surface area contributed by atoms with E-state index in [-0.39, 0.29) is 35.7 Å². The topological polar surface area (TPSA) is 491 Å². The molecule has 2 aromatic heterocycles. The lowest BCUT2D eigenvalue weighted by molar-refractivity contribution is -0.433. The van der Waals surface area contributed by atoms with Gasteiger partial charge in [-0.05, 0) is 94.3 Å². The monoisotopic (exact) mass is 1440 g/mol. The summed E-state index contributed by atoms with van der Waals surface area (Å²) >= 11 is 1.33. The molecule has 16 N–H and O–H groups in total. The van der Waals surface area contributed by atoms with Gasteiger partial charge in [0.25, 0.3) is 18.2 Å². The number of benzene rings is 3. The molecule has 4 fully saturated rings. The van der Waals surface area contributed by atoms with Crippen molar-refractivity contribution in [2.75, 3.05) is 45.9 Å². The van der Waals surface area contributed by atoms with Gasteiger partial charge < -0.3 is 96.6 Å². The summed E-state index contributed by atoms with van der Waals surface area (Å²) < 4.78 is 22.7. The molecule has 5 aromatic rings. The van der Waals surface area contributed by atoms with E-state index in [2.05, 4.69) is 54.7 Å². The van der Waals surface area contributed by atoms with E-state index in [0.717, 1.165) is 91.6 Å². The predicted molar refractivity (Wildman–Crippen MR) is 353 cm³/mol. The van der Waals surface area contributed by atoms with Gasteiger partial charge in [0.1, 0.15) is 59.2 Å². The van der Waals surface area contributed by atoms with Crippen LogP contribution in [0.1, 0.15) is 94.7 Å². The standard InChI is InChI=1S/C64H84N12O22S2/c1-31-26-75-52(53(31)83)60(90)66-25-39(78)22-42(67-56(86)36-11-9-35(10-12-36)43-30-76-64(68-43)99-61(72-76)37-13-16-41(17-14-37)94-20-8-6-5-7-19-73-27-32(2)95-33(3)28-73)57(87)69-49(34(4)77)62(91)74-29-40(79)23-44(74)58(88)71-51(59(89)70-50(63(75)92)46(81)24-48(65)82)55(85)54(84)38-15-18-45(80)47(21-38)96-100-98-97-93/h9-18,21,30-34,39-40,42,44,46,49-55,77-81,83-85,93H,5-8,19-20,22-29H2,1-4H3,(H2,65,82)(H,66,90)(H,67,86)(H,69,87)(H,70,89)(H,71,88)/t31?,32-,33+,34?,39?,40?,42-,44?,46?,49?,50?,51?,52?,53?,54?,55?/m0/s1. The van der Waals surface area contributed by atoms with E-state index in [1.807, 2.05) is 24.3 Å². The Bertz CT molecular complexity index is 3640. The van der Waals surface area contributed by atoms with Gasteiger partial charge in [0.2, 0.25) is 46.3 Å². The summed E-state index contributed by atoms with van der Waals surface area (Å²) in [7, 11) is 0. The van der Waals surface area contributed by atoms with E-state index in [0.29, 0.717) is 27.8 Å². The summed E-state index contributed by atoms with van der Waals surface area (Å²) in [5.74, 6) is -11.2. The molecule has 6 heterocycles. The third-order valence-electron chi connectivity index (χ3n) is 17.7. The van der Waals surface area contributed by atoms with Crippen LogP contribution in [-0.2, 0) is 47.7 Å². The van der Waals surface area contributed by atoms with Crippen molar-refractivity contribution in [1.82, 2.24) is 55.9 Å². The minimum Gasteiger partial charge on any atom is -0.504 e. The minimum absolute atomic E-state index is 0.0133. The number of primary amides is 1. The number of unbranched alkanes of at least 4 members (excludes halogenated alkanes) is 3. The number of aliphatic hydroxyl groups is 7. The van der Waals surface area contributed by atoms with Crippen molar-refractivity contribution in [3.8, 4) is 39.1 Å². The molecule has 4 aliphatic heterocycles. The third kappa shape index (κ3) is 19.0. The number of hydrogen-bond acceptors (Lipinski definition) is 27. The van der Waals surface area contributed by atoms with Crippen molar-refractivity contribution in [2.24, 2.45) is 11.7 Å². The second-order valence-electron chi connectivity index (χ2n) is 25.5. The van der Waals surface area contributed by atoms with E-state index in [4.69, 9.17) is 34.7 Å². The summed E-state index contributed by atoms with van der Waals surface area (Å²) in [6.45, 7) is 8.52. The number of morpholine rings is 1. The van der Waals surface area contributed by atoms with Crippen molar-refractivity contribution in [3.05, 3.63) is 84.1 Å². The number of amides is 8. The highest BCUT2D eigenvalue weighted by molar-refractivity contribution is 7.90. The Morgan fingerprint density at radius 1 is 0.780 bits per heavy atom. The highest BCUT2D eigenvalue weighted by Crippen LogP contribution is 2.35. The number of ether oxygens (including phenoxy) is 2. The van der Waals surface area contributed by atoms with Gasteiger partial charge in [0.05, 0.1) is 67.6 Å². The Morgan fingerprint density at radius 2 is 1.45 bits per heavy atom. The van der Waals surface area contributed by atoms with Gasteiger partial charge in [-0.1, -0.05) is 58.7 Å². The summed E-state index contributed by atoms with van der Waals surface area (Å²) in [5, 5.41) is 120. The highest BCUT2D eigenvalue weighted by atomic mass is 32.2. The van der Waals surface area contributed by atoms with Crippen LogP contribution in [0.2, 0.25) is 0 Å². The largest absolute Gasteiger partial charge is 0.504 e. The first kappa shape index (κ1) is 76.0. The zero-order chi connectivity index (χ0) is 72.2. The molecule has 8 amide bonds. The number of hydrogen-bond donors (Lipinski definition) is 15. The Hall–Kier alpha value is -8.21. The number of β-amino-alcohol motifs (C(OH)–C–C–N with tert-alkyl or cyclic N) is 1. The van der Waals surface area contributed by atoms with Crippen molar-refractivity contribution in [2.45, 2.75) is 164 Å². The van der Waals surface area contributed by atoms with Crippen LogP contribution >= 0.6 is 23.7 Å². The van der Waals surface area contributed by atoms with Gasteiger partial charge in [0, 0.05) is 68.2 Å². The van der Waals surface area contributed by atoms with E-state index >= 15 is 0 Å². The van der Waals surface area contributed by atoms with Crippen LogP contribution < -0.4 is 41.2 Å². The van der Waals surface area contributed by atoms with E-state index < -0.39 is 183 Å². The van der Waals surface area contributed by atoms with Gasteiger partial charge in [0.15, 0.2) is 11.5 Å². The number of aromatic hydroxyl groups is 1. The smallest absolute Gasteiger partial charge is 0.261 e. The molecule has 9 rings (SSSR count). The molecular weight excluding hydrogens is 1350 g/mol. The maximum absolute atomic E-state index is 14.7. The number of phenolic OH excluding ortho intramolecular Hbond substituents is 1.